The molecule has 10 nitrogen and oxygen atoms in total. The second-order valence-electron chi connectivity index (χ2n) is 12.9. The SMILES string of the molecule is CC(C)(O)COc1ccc2c(C(=O)NC3CC4(C3)CC(Oc3cc(-c5cccc(CCN)c5)ccc3C(N)=O)C4)cnn2c1. The molecule has 2 aromatic carbocycles. The monoisotopic (exact) mass is 597 g/mol. The van der Waals surface area contributed by atoms with Crippen LogP contribution in [0, 0.1) is 5.41 Å². The number of aromatic nitrogens is 2. The van der Waals surface area contributed by atoms with E-state index < -0.39 is 11.5 Å². The minimum atomic E-state index is -0.952. The van der Waals surface area contributed by atoms with Crippen LogP contribution >= 0.6 is 0 Å². The maximum atomic E-state index is 13.1. The normalized spacial score (nSPS) is 21.0. The number of rotatable bonds is 11. The molecule has 2 aromatic heterocycles. The van der Waals surface area contributed by atoms with E-state index in [-0.39, 0.29) is 30.1 Å². The van der Waals surface area contributed by atoms with Crippen molar-refractivity contribution in [2.75, 3.05) is 13.2 Å². The zero-order valence-corrected chi connectivity index (χ0v) is 25.1. The lowest BCUT2D eigenvalue weighted by Crippen LogP contribution is -2.58. The Morgan fingerprint density at radius 2 is 1.84 bits per heavy atom. The molecule has 4 aromatic rings. The van der Waals surface area contributed by atoms with Gasteiger partial charge in [-0.25, -0.2) is 4.52 Å². The molecule has 2 amide bonds. The number of nitrogens with two attached hydrogens (primary N) is 2. The number of aliphatic hydroxyl groups is 1. The van der Waals surface area contributed by atoms with Crippen molar-refractivity contribution < 1.29 is 24.2 Å². The summed E-state index contributed by atoms with van der Waals surface area (Å²) in [7, 11) is 0. The van der Waals surface area contributed by atoms with E-state index in [9.17, 15) is 14.7 Å². The molecule has 10 heteroatoms. The van der Waals surface area contributed by atoms with E-state index in [1.165, 1.54) is 0 Å². The van der Waals surface area contributed by atoms with Gasteiger partial charge in [0.15, 0.2) is 0 Å². The van der Waals surface area contributed by atoms with Crippen LogP contribution in [0.1, 0.15) is 65.8 Å². The molecule has 44 heavy (non-hydrogen) atoms. The highest BCUT2D eigenvalue weighted by molar-refractivity contribution is 6.01. The molecule has 0 radical (unpaired) electrons. The number of hydrogen-bond acceptors (Lipinski definition) is 7. The predicted octanol–water partition coefficient (Wildman–Crippen LogP) is 3.87. The largest absolute Gasteiger partial charge is 0.490 e. The van der Waals surface area contributed by atoms with Crippen molar-refractivity contribution in [1.29, 1.82) is 0 Å². The molecule has 2 aliphatic carbocycles. The molecule has 2 fully saturated rings. The molecule has 2 aliphatic rings. The fourth-order valence-electron chi connectivity index (χ4n) is 6.41. The lowest BCUT2D eigenvalue weighted by Gasteiger charge is -2.57. The average Bonchev–Trinajstić information content (AvgIpc) is 3.37. The van der Waals surface area contributed by atoms with Gasteiger partial charge in [-0.1, -0.05) is 30.3 Å². The van der Waals surface area contributed by atoms with Gasteiger partial charge in [-0.3, -0.25) is 9.59 Å². The Bertz CT molecular complexity index is 1690. The first kappa shape index (κ1) is 29.7. The van der Waals surface area contributed by atoms with Gasteiger partial charge in [-0.2, -0.15) is 5.10 Å². The summed E-state index contributed by atoms with van der Waals surface area (Å²) >= 11 is 0. The van der Waals surface area contributed by atoms with E-state index in [0.717, 1.165) is 48.8 Å². The maximum Gasteiger partial charge on any atom is 0.255 e. The highest BCUT2D eigenvalue weighted by Gasteiger charge is 2.54. The minimum absolute atomic E-state index is 0.0176. The highest BCUT2D eigenvalue weighted by Crippen LogP contribution is 2.57. The lowest BCUT2D eigenvalue weighted by molar-refractivity contribution is -0.0834. The van der Waals surface area contributed by atoms with E-state index >= 15 is 0 Å². The van der Waals surface area contributed by atoms with Crippen molar-refractivity contribution in [3.63, 3.8) is 0 Å². The summed E-state index contributed by atoms with van der Waals surface area (Å²) in [5.41, 5.74) is 15.3. The van der Waals surface area contributed by atoms with Gasteiger partial charge in [0.25, 0.3) is 11.8 Å². The summed E-state index contributed by atoms with van der Waals surface area (Å²) in [6.45, 7) is 4.07. The Kier molecular flexibility index (Phi) is 7.81. The Morgan fingerprint density at radius 1 is 1.07 bits per heavy atom. The van der Waals surface area contributed by atoms with Gasteiger partial charge in [0.1, 0.15) is 18.1 Å². The molecular formula is C34H39N5O5. The number of nitrogens with zero attached hydrogens (tertiary/aromatic N) is 2. The number of ether oxygens (including phenoxy) is 2. The molecule has 2 saturated carbocycles. The number of pyridine rings is 1. The fourth-order valence-corrected chi connectivity index (χ4v) is 6.41. The van der Waals surface area contributed by atoms with Crippen molar-refractivity contribution in [2.24, 2.45) is 16.9 Å². The van der Waals surface area contributed by atoms with Crippen molar-refractivity contribution in [1.82, 2.24) is 14.9 Å². The van der Waals surface area contributed by atoms with Crippen LogP contribution in [0.4, 0.5) is 0 Å². The van der Waals surface area contributed by atoms with Crippen molar-refractivity contribution in [3.8, 4) is 22.6 Å². The van der Waals surface area contributed by atoms with Crippen molar-refractivity contribution in [3.05, 3.63) is 83.7 Å². The third kappa shape index (κ3) is 6.27. The molecular weight excluding hydrogens is 558 g/mol. The molecule has 1 spiro atoms. The Morgan fingerprint density at radius 3 is 2.57 bits per heavy atom. The van der Waals surface area contributed by atoms with Crippen LogP contribution < -0.4 is 26.3 Å². The summed E-state index contributed by atoms with van der Waals surface area (Å²) in [5.74, 6) is 0.388. The van der Waals surface area contributed by atoms with Gasteiger partial charge in [-0.15, -0.1) is 0 Å². The molecule has 6 rings (SSSR count). The third-order valence-electron chi connectivity index (χ3n) is 8.58. The number of nitrogens with one attached hydrogen (secondary N) is 1. The number of carbonyl (C=O) groups is 2. The first-order chi connectivity index (χ1) is 21.0. The van der Waals surface area contributed by atoms with E-state index in [1.54, 1.807) is 49.0 Å². The van der Waals surface area contributed by atoms with E-state index in [2.05, 4.69) is 22.5 Å². The fraction of sp³-hybridized carbons (Fsp3) is 0.382. The summed E-state index contributed by atoms with van der Waals surface area (Å²) in [6.07, 6.45) is 7.51. The topological polar surface area (TPSA) is 154 Å². The minimum Gasteiger partial charge on any atom is -0.490 e. The zero-order valence-electron chi connectivity index (χ0n) is 25.1. The van der Waals surface area contributed by atoms with Crippen LogP contribution in [-0.4, -0.2) is 57.4 Å². The quantitative estimate of drug-likeness (QED) is 0.205. The van der Waals surface area contributed by atoms with Gasteiger partial charge in [0.05, 0.1) is 40.7 Å². The lowest BCUT2D eigenvalue weighted by atomic mass is 9.53. The first-order valence-corrected chi connectivity index (χ1v) is 15.0. The van der Waals surface area contributed by atoms with E-state index in [4.69, 9.17) is 20.9 Å². The standard InChI is InChI=1S/C34H39N5O5/c1-33(2,42)20-43-25-7-9-29-28(18-37-39(29)19-25)32(41)38-24-14-34(15-24)16-26(17-34)44-30-13-23(6-8-27(30)31(36)40)22-5-3-4-21(12-22)10-11-35/h3-9,12-13,18-19,24,26,42H,10-11,14-17,20,35H2,1-2H3,(H2,36,40)(H,38,41). The Hall–Kier alpha value is -4.41. The predicted molar refractivity (Wildman–Crippen MR) is 167 cm³/mol. The summed E-state index contributed by atoms with van der Waals surface area (Å²) in [4.78, 5) is 25.3. The number of fused-ring (bicyclic) bond motifs is 1. The van der Waals surface area contributed by atoms with Crippen LogP contribution in [0.25, 0.3) is 16.6 Å². The van der Waals surface area contributed by atoms with E-state index in [1.807, 2.05) is 24.3 Å². The van der Waals surface area contributed by atoms with Crippen LogP contribution in [0.15, 0.2) is 67.0 Å². The average molecular weight is 598 g/mol. The highest BCUT2D eigenvalue weighted by atomic mass is 16.5. The zero-order chi connectivity index (χ0) is 31.1. The molecule has 0 bridgehead atoms. The van der Waals surface area contributed by atoms with Crippen molar-refractivity contribution >= 4 is 17.3 Å². The summed E-state index contributed by atoms with van der Waals surface area (Å²) < 4.78 is 13.6. The molecule has 0 atom stereocenters. The molecule has 230 valence electrons. The van der Waals surface area contributed by atoms with Crippen molar-refractivity contribution in [2.45, 2.75) is 63.7 Å². The number of benzene rings is 2. The van der Waals surface area contributed by atoms with Crippen LogP contribution in [0.2, 0.25) is 0 Å². The number of hydrogen-bond donors (Lipinski definition) is 4. The Balaban J connectivity index is 1.04. The Labute approximate surface area is 256 Å². The number of carbonyl (C=O) groups excluding carboxylic acids is 2. The van der Waals surface area contributed by atoms with E-state index in [0.29, 0.717) is 34.7 Å². The molecule has 2 heterocycles. The maximum absolute atomic E-state index is 13.1. The van der Waals surface area contributed by atoms with Gasteiger partial charge in [-0.05, 0) is 98.9 Å². The third-order valence-corrected chi connectivity index (χ3v) is 8.58. The molecule has 6 N–H and O–H groups in total. The van der Waals surface area contributed by atoms with Crippen LogP contribution in [-0.2, 0) is 6.42 Å². The molecule has 0 aliphatic heterocycles. The number of primary amides is 1. The van der Waals surface area contributed by atoms with Gasteiger partial charge in [0.2, 0.25) is 0 Å². The van der Waals surface area contributed by atoms with Gasteiger partial charge in [0, 0.05) is 6.04 Å². The smallest absolute Gasteiger partial charge is 0.255 e. The van der Waals surface area contributed by atoms with Gasteiger partial charge < -0.3 is 31.4 Å². The van der Waals surface area contributed by atoms with Gasteiger partial charge >= 0.3 is 0 Å². The second kappa shape index (κ2) is 11.6. The molecule has 0 saturated heterocycles. The van der Waals surface area contributed by atoms with Crippen LogP contribution in [0.5, 0.6) is 11.5 Å². The summed E-state index contributed by atoms with van der Waals surface area (Å²) in [5, 5.41) is 17.4. The number of amides is 2. The summed E-state index contributed by atoms with van der Waals surface area (Å²) in [6, 6.07) is 17.4. The first-order valence-electron chi connectivity index (χ1n) is 15.0. The second-order valence-corrected chi connectivity index (χ2v) is 12.9. The molecule has 0 unspecified atom stereocenters. The van der Waals surface area contributed by atoms with Crippen LogP contribution in [0.3, 0.4) is 0 Å².